The Morgan fingerprint density at radius 1 is 1.09 bits per heavy atom. The minimum absolute atomic E-state index is 0.110. The Morgan fingerprint density at radius 3 is 2.56 bits per heavy atom. The summed E-state index contributed by atoms with van der Waals surface area (Å²) in [6.07, 6.45) is 6.24. The number of aromatic nitrogens is 2. The SMILES string of the molecule is O=C(N[C@H]1CC[C@H](O)C[C@H]2CC[C@@H](C(=O)N3CC(n4ccnc4)C3)N2C1=O)c1cc2cc(C(F)(F)P(=O)(O)O)ccc2s1. The van der Waals surface area contributed by atoms with Crippen LogP contribution in [-0.4, -0.2) is 89.3 Å². The Kier molecular flexibility index (Phi) is 7.66. The van der Waals surface area contributed by atoms with Crippen LogP contribution in [0.2, 0.25) is 0 Å². The largest absolute Gasteiger partial charge is 0.399 e. The molecule has 3 amide bonds. The van der Waals surface area contributed by atoms with Gasteiger partial charge in [0.05, 0.1) is 23.4 Å². The van der Waals surface area contributed by atoms with Crippen molar-refractivity contribution >= 4 is 46.7 Å². The van der Waals surface area contributed by atoms with Gasteiger partial charge in [0.15, 0.2) is 0 Å². The van der Waals surface area contributed by atoms with Crippen LogP contribution >= 0.6 is 18.9 Å². The first-order valence-corrected chi connectivity index (χ1v) is 16.3. The molecule has 16 heteroatoms. The summed E-state index contributed by atoms with van der Waals surface area (Å²) in [5.74, 6) is -1.21. The number of nitrogens with one attached hydrogen (secondary N) is 1. The van der Waals surface area contributed by atoms with Gasteiger partial charge in [-0.25, -0.2) is 4.98 Å². The number of alkyl halides is 2. The van der Waals surface area contributed by atoms with Crippen LogP contribution in [0, 0.1) is 0 Å². The van der Waals surface area contributed by atoms with Crippen molar-refractivity contribution in [1.82, 2.24) is 24.7 Å². The molecule has 3 aliphatic heterocycles. The minimum Gasteiger partial charge on any atom is -0.393 e. The number of benzene rings is 1. The molecule has 6 rings (SSSR count). The van der Waals surface area contributed by atoms with Gasteiger partial charge in [-0.05, 0) is 55.7 Å². The number of thiophene rings is 1. The third-order valence-electron chi connectivity index (χ3n) is 8.55. The molecule has 0 saturated carbocycles. The molecule has 0 radical (unpaired) electrons. The standard InChI is InChI=1S/C27H30F2N5O7PS/c28-27(29,42(39,40)41)16-1-6-22-15(9-16)10-23(43-22)24(36)31-20-4-3-19(35)11-17-2-5-21(34(17)25(20)37)26(38)33-12-18(13-33)32-8-7-30-14-32/h1,6-10,14,17-21,35H,2-5,11-13H2,(H,31,36)(H2,39,40,41)/t17-,19+,20+,21+/m1/s1. The van der Waals surface area contributed by atoms with Crippen molar-refractivity contribution in [1.29, 1.82) is 0 Å². The highest BCUT2D eigenvalue weighted by atomic mass is 32.1. The van der Waals surface area contributed by atoms with Gasteiger partial charge in [0.2, 0.25) is 11.8 Å². The first-order chi connectivity index (χ1) is 20.3. The zero-order valence-electron chi connectivity index (χ0n) is 22.8. The van der Waals surface area contributed by atoms with E-state index >= 15 is 0 Å². The van der Waals surface area contributed by atoms with E-state index in [1.54, 1.807) is 17.4 Å². The lowest BCUT2D eigenvalue weighted by Gasteiger charge is -2.43. The lowest BCUT2D eigenvalue weighted by molar-refractivity contribution is -0.151. The summed E-state index contributed by atoms with van der Waals surface area (Å²) in [6, 6.07) is 2.45. The number of aliphatic hydroxyl groups excluding tert-OH is 1. The second kappa shape index (κ2) is 11.0. The summed E-state index contributed by atoms with van der Waals surface area (Å²) in [7, 11) is -5.77. The number of likely N-dealkylation sites (tertiary alicyclic amines) is 1. The van der Waals surface area contributed by atoms with E-state index in [-0.39, 0.29) is 41.1 Å². The Labute approximate surface area is 248 Å². The molecule has 2 aromatic heterocycles. The third kappa shape index (κ3) is 5.48. The Bertz CT molecular complexity index is 1610. The Morgan fingerprint density at radius 2 is 1.86 bits per heavy atom. The van der Waals surface area contributed by atoms with Gasteiger partial charge in [0.1, 0.15) is 12.1 Å². The van der Waals surface area contributed by atoms with Crippen molar-refractivity contribution in [2.45, 2.75) is 68.0 Å². The normalized spacial score (nSPS) is 25.3. The first-order valence-electron chi connectivity index (χ1n) is 13.9. The molecule has 0 unspecified atom stereocenters. The van der Waals surface area contributed by atoms with Crippen LogP contribution in [0.1, 0.15) is 53.4 Å². The summed E-state index contributed by atoms with van der Waals surface area (Å²) < 4.78 is 42.1. The molecular formula is C27H30F2N5O7PS. The summed E-state index contributed by atoms with van der Waals surface area (Å²) in [5, 5.41) is 13.5. The van der Waals surface area contributed by atoms with E-state index in [9.17, 15) is 32.8 Å². The molecule has 3 saturated heterocycles. The molecule has 4 atom stereocenters. The lowest BCUT2D eigenvalue weighted by atomic mass is 9.96. The van der Waals surface area contributed by atoms with Crippen LogP contribution in [0.3, 0.4) is 0 Å². The molecular weight excluding hydrogens is 607 g/mol. The van der Waals surface area contributed by atoms with Gasteiger partial charge in [-0.1, -0.05) is 6.07 Å². The first kappa shape index (κ1) is 29.8. The van der Waals surface area contributed by atoms with Gasteiger partial charge in [-0.15, -0.1) is 11.3 Å². The molecule has 43 heavy (non-hydrogen) atoms. The molecule has 3 aromatic rings. The van der Waals surface area contributed by atoms with E-state index in [0.29, 0.717) is 37.1 Å². The van der Waals surface area contributed by atoms with E-state index in [0.717, 1.165) is 23.5 Å². The number of hydrogen-bond donors (Lipinski definition) is 4. The second-order valence-electron chi connectivity index (χ2n) is 11.3. The van der Waals surface area contributed by atoms with E-state index in [2.05, 4.69) is 10.3 Å². The van der Waals surface area contributed by atoms with Crippen molar-refractivity contribution in [3.05, 3.63) is 53.4 Å². The fraction of sp³-hybridized carbons (Fsp3) is 0.481. The van der Waals surface area contributed by atoms with E-state index in [4.69, 9.17) is 9.79 Å². The van der Waals surface area contributed by atoms with E-state index in [1.807, 2.05) is 10.8 Å². The van der Waals surface area contributed by atoms with Crippen molar-refractivity contribution in [2.24, 2.45) is 0 Å². The molecule has 1 aromatic carbocycles. The number of carbonyl (C=O) groups is 3. The number of carbonyl (C=O) groups excluding carboxylic acids is 3. The number of rotatable bonds is 6. The van der Waals surface area contributed by atoms with Crippen molar-refractivity contribution in [3.8, 4) is 0 Å². The quantitative estimate of drug-likeness (QED) is 0.299. The summed E-state index contributed by atoms with van der Waals surface area (Å²) >= 11 is 0.978. The highest BCUT2D eigenvalue weighted by molar-refractivity contribution is 7.52. The predicted octanol–water partition coefficient (Wildman–Crippen LogP) is 2.41. The molecule has 5 heterocycles. The van der Waals surface area contributed by atoms with E-state index < -0.39 is 48.8 Å². The highest BCUT2D eigenvalue weighted by Crippen LogP contribution is 2.59. The van der Waals surface area contributed by atoms with Crippen LogP contribution in [0.4, 0.5) is 8.78 Å². The summed E-state index contributed by atoms with van der Waals surface area (Å²) in [6.45, 7) is 0.990. The average molecular weight is 638 g/mol. The van der Waals surface area contributed by atoms with Crippen LogP contribution in [0.15, 0.2) is 43.0 Å². The van der Waals surface area contributed by atoms with Gasteiger partial charge in [-0.3, -0.25) is 18.9 Å². The molecule has 0 aliphatic carbocycles. The maximum atomic E-state index is 14.2. The fourth-order valence-electron chi connectivity index (χ4n) is 6.18. The molecule has 12 nitrogen and oxygen atoms in total. The number of nitrogens with zero attached hydrogens (tertiary/aromatic N) is 4. The molecule has 0 spiro atoms. The van der Waals surface area contributed by atoms with Crippen molar-refractivity contribution in [2.75, 3.05) is 13.1 Å². The monoisotopic (exact) mass is 637 g/mol. The molecule has 230 valence electrons. The second-order valence-corrected chi connectivity index (χ2v) is 14.1. The van der Waals surface area contributed by atoms with Crippen LogP contribution in [0.5, 0.6) is 0 Å². The zero-order chi connectivity index (χ0) is 30.7. The maximum absolute atomic E-state index is 14.2. The Hall–Kier alpha value is -3.23. The smallest absolute Gasteiger partial charge is 0.393 e. The highest BCUT2D eigenvalue weighted by Gasteiger charge is 2.51. The third-order valence-corrected chi connectivity index (χ3v) is 10.7. The topological polar surface area (TPSA) is 165 Å². The Balaban J connectivity index is 1.18. The number of imidazole rings is 1. The molecule has 3 fully saturated rings. The summed E-state index contributed by atoms with van der Waals surface area (Å²) in [5.41, 5.74) is -5.27. The van der Waals surface area contributed by atoms with Gasteiger partial charge in [-0.2, -0.15) is 8.78 Å². The van der Waals surface area contributed by atoms with Gasteiger partial charge in [0, 0.05) is 41.8 Å². The van der Waals surface area contributed by atoms with Crippen LogP contribution < -0.4 is 5.32 Å². The minimum atomic E-state index is -5.77. The predicted molar refractivity (Wildman–Crippen MR) is 150 cm³/mol. The van der Waals surface area contributed by atoms with Crippen LogP contribution in [0.25, 0.3) is 10.1 Å². The van der Waals surface area contributed by atoms with Gasteiger partial charge >= 0.3 is 13.3 Å². The average Bonchev–Trinajstić information content (AvgIpc) is 3.68. The maximum Gasteiger partial charge on any atom is 0.399 e. The molecule has 0 bridgehead atoms. The number of halogens is 2. The number of amides is 3. The molecule has 4 N–H and O–H groups in total. The van der Waals surface area contributed by atoms with E-state index in [1.165, 1.54) is 17.0 Å². The zero-order valence-corrected chi connectivity index (χ0v) is 24.5. The van der Waals surface area contributed by atoms with Gasteiger partial charge in [0.25, 0.3) is 5.91 Å². The van der Waals surface area contributed by atoms with Crippen molar-refractivity contribution < 1.29 is 42.6 Å². The number of fused-ring (bicyclic) bond motifs is 2. The lowest BCUT2D eigenvalue weighted by Crippen LogP contribution is -2.60. The van der Waals surface area contributed by atoms with Crippen molar-refractivity contribution in [3.63, 3.8) is 0 Å². The van der Waals surface area contributed by atoms with Gasteiger partial charge < -0.3 is 34.6 Å². The fourth-order valence-corrected chi connectivity index (χ4v) is 7.60. The number of hydrogen-bond acceptors (Lipinski definition) is 7. The molecule has 3 aliphatic rings. The van der Waals surface area contributed by atoms with Crippen LogP contribution in [-0.2, 0) is 19.8 Å². The number of aliphatic hydroxyl groups is 1. The summed E-state index contributed by atoms with van der Waals surface area (Å²) in [4.78, 5) is 66.2.